The number of benzene rings is 1. The minimum absolute atomic E-state index is 0.0982. The fourth-order valence-corrected chi connectivity index (χ4v) is 5.82. The molecule has 0 unspecified atom stereocenters. The molecular weight excluding hydrogens is 421 g/mol. The van der Waals surface area contributed by atoms with E-state index in [4.69, 9.17) is 23.2 Å². The highest BCUT2D eigenvalue weighted by Crippen LogP contribution is 2.35. The maximum absolute atomic E-state index is 13.0. The molecule has 6 nitrogen and oxygen atoms in total. The van der Waals surface area contributed by atoms with Gasteiger partial charge in [0.25, 0.3) is 0 Å². The van der Waals surface area contributed by atoms with E-state index in [0.29, 0.717) is 43.4 Å². The molecule has 1 aromatic carbocycles. The van der Waals surface area contributed by atoms with Gasteiger partial charge in [-0.15, -0.1) is 0 Å². The molecule has 3 rings (SSSR count). The van der Waals surface area contributed by atoms with Crippen molar-refractivity contribution in [3.8, 4) is 0 Å². The molecule has 1 N–H and O–H groups in total. The summed E-state index contributed by atoms with van der Waals surface area (Å²) < 4.78 is 27.5. The molecule has 9 heteroatoms. The number of piperidine rings is 1. The first-order chi connectivity index (χ1) is 13.1. The lowest BCUT2D eigenvalue weighted by atomic mass is 9.95. The number of nitrogens with one attached hydrogen (secondary N) is 1. The Morgan fingerprint density at radius 2 is 1.89 bits per heavy atom. The fraction of sp³-hybridized carbons (Fsp3) is 0.632. The predicted octanol–water partition coefficient (Wildman–Crippen LogP) is 3.34. The van der Waals surface area contributed by atoms with Gasteiger partial charge in [0, 0.05) is 19.6 Å². The van der Waals surface area contributed by atoms with E-state index in [0.717, 1.165) is 6.42 Å². The SMILES string of the molecule is CC[C@H](C)CN1C(=O)[C@H](C)NC12CCN(S(=O)(=O)c1ccc(Cl)c(Cl)c1)CC2. The Bertz CT molecular complexity index is 854. The van der Waals surface area contributed by atoms with Gasteiger partial charge in [-0.25, -0.2) is 8.42 Å². The van der Waals surface area contributed by atoms with Gasteiger partial charge in [-0.2, -0.15) is 4.31 Å². The summed E-state index contributed by atoms with van der Waals surface area (Å²) in [6.07, 6.45) is 2.10. The molecule has 0 radical (unpaired) electrons. The average Bonchev–Trinajstić information content (AvgIpc) is 2.88. The average molecular weight is 448 g/mol. The second-order valence-corrected chi connectivity index (χ2v) is 10.6. The van der Waals surface area contributed by atoms with Crippen LogP contribution in [-0.2, 0) is 14.8 Å². The lowest BCUT2D eigenvalue weighted by Gasteiger charge is -2.45. The number of nitrogens with zero attached hydrogens (tertiary/aromatic N) is 2. The normalized spacial score (nSPS) is 24.1. The molecule has 2 fully saturated rings. The lowest BCUT2D eigenvalue weighted by Crippen LogP contribution is -2.60. The first-order valence-corrected chi connectivity index (χ1v) is 11.8. The molecule has 2 aliphatic heterocycles. The van der Waals surface area contributed by atoms with Gasteiger partial charge in [-0.1, -0.05) is 43.5 Å². The van der Waals surface area contributed by atoms with Crippen LogP contribution in [0.25, 0.3) is 0 Å². The largest absolute Gasteiger partial charge is 0.323 e. The van der Waals surface area contributed by atoms with Crippen molar-refractivity contribution in [2.45, 2.75) is 56.6 Å². The number of sulfonamides is 1. The van der Waals surface area contributed by atoms with E-state index in [1.165, 1.54) is 22.5 Å². The third-order valence-corrected chi connectivity index (χ3v) is 8.54. The summed E-state index contributed by atoms with van der Waals surface area (Å²) in [6.45, 7) is 7.49. The molecule has 1 amide bonds. The lowest BCUT2D eigenvalue weighted by molar-refractivity contribution is -0.133. The molecular formula is C19H27Cl2N3O3S. The van der Waals surface area contributed by atoms with Crippen LogP contribution >= 0.6 is 23.2 Å². The van der Waals surface area contributed by atoms with Crippen LogP contribution < -0.4 is 5.32 Å². The summed E-state index contributed by atoms with van der Waals surface area (Å²) in [4.78, 5) is 14.8. The van der Waals surface area contributed by atoms with Gasteiger partial charge in [-0.3, -0.25) is 10.1 Å². The monoisotopic (exact) mass is 447 g/mol. The van der Waals surface area contributed by atoms with E-state index in [2.05, 4.69) is 19.2 Å². The van der Waals surface area contributed by atoms with E-state index in [1.54, 1.807) is 0 Å². The summed E-state index contributed by atoms with van der Waals surface area (Å²) in [5.74, 6) is 0.493. The fourth-order valence-electron chi connectivity index (χ4n) is 3.99. The Hall–Kier alpha value is -0.860. The molecule has 28 heavy (non-hydrogen) atoms. The second kappa shape index (κ2) is 8.11. The van der Waals surface area contributed by atoms with Crippen LogP contribution in [0.5, 0.6) is 0 Å². The maximum Gasteiger partial charge on any atom is 0.243 e. The predicted molar refractivity (Wildman–Crippen MR) is 111 cm³/mol. The zero-order chi connectivity index (χ0) is 20.7. The van der Waals surface area contributed by atoms with Gasteiger partial charge in [0.15, 0.2) is 0 Å². The Morgan fingerprint density at radius 1 is 1.25 bits per heavy atom. The van der Waals surface area contributed by atoms with Crippen LogP contribution in [0.4, 0.5) is 0 Å². The van der Waals surface area contributed by atoms with Crippen LogP contribution in [0, 0.1) is 5.92 Å². The maximum atomic E-state index is 13.0. The van der Waals surface area contributed by atoms with E-state index in [-0.39, 0.29) is 21.9 Å². The quantitative estimate of drug-likeness (QED) is 0.750. The standard InChI is InChI=1S/C19H27Cl2N3O3S/c1-4-13(2)12-24-18(25)14(3)22-19(24)7-9-23(10-8-19)28(26,27)15-5-6-16(20)17(21)11-15/h5-6,11,13-14,22H,4,7-10,12H2,1-3H3/t13-,14-/m0/s1. The first kappa shape index (κ1) is 21.8. The number of rotatable bonds is 5. The van der Waals surface area contributed by atoms with Crippen LogP contribution in [0.1, 0.15) is 40.0 Å². The van der Waals surface area contributed by atoms with Gasteiger partial charge in [0.05, 0.1) is 26.6 Å². The summed E-state index contributed by atoms with van der Waals surface area (Å²) in [7, 11) is -3.66. The minimum atomic E-state index is -3.66. The molecule has 1 spiro atoms. The number of amides is 1. The molecule has 0 aliphatic carbocycles. The van der Waals surface area contributed by atoms with Crippen molar-refractivity contribution < 1.29 is 13.2 Å². The van der Waals surface area contributed by atoms with Crippen molar-refractivity contribution in [3.05, 3.63) is 28.2 Å². The van der Waals surface area contributed by atoms with Crippen molar-refractivity contribution in [2.75, 3.05) is 19.6 Å². The molecule has 0 bridgehead atoms. The van der Waals surface area contributed by atoms with Crippen LogP contribution in [0.2, 0.25) is 10.0 Å². The molecule has 0 aromatic heterocycles. The molecule has 156 valence electrons. The number of hydrogen-bond donors (Lipinski definition) is 1. The number of carbonyl (C=O) groups is 1. The van der Waals surface area contributed by atoms with Crippen LogP contribution in [0.15, 0.2) is 23.1 Å². The van der Waals surface area contributed by atoms with Gasteiger partial charge in [-0.05, 0) is 43.9 Å². The van der Waals surface area contributed by atoms with Crippen molar-refractivity contribution in [2.24, 2.45) is 5.92 Å². The molecule has 2 aliphatic rings. The molecule has 1 aromatic rings. The minimum Gasteiger partial charge on any atom is -0.323 e. The molecule has 2 atom stereocenters. The summed E-state index contributed by atoms with van der Waals surface area (Å²) >= 11 is 11.9. The zero-order valence-electron chi connectivity index (χ0n) is 16.4. The van der Waals surface area contributed by atoms with E-state index >= 15 is 0 Å². The van der Waals surface area contributed by atoms with Gasteiger partial charge in [0.2, 0.25) is 15.9 Å². The van der Waals surface area contributed by atoms with Crippen molar-refractivity contribution in [1.29, 1.82) is 0 Å². The highest BCUT2D eigenvalue weighted by atomic mass is 35.5. The van der Waals surface area contributed by atoms with E-state index < -0.39 is 15.7 Å². The summed E-state index contributed by atoms with van der Waals surface area (Å²) in [5.41, 5.74) is -0.469. The van der Waals surface area contributed by atoms with Crippen molar-refractivity contribution in [3.63, 3.8) is 0 Å². The highest BCUT2D eigenvalue weighted by Gasteiger charge is 2.51. The Morgan fingerprint density at radius 3 is 2.46 bits per heavy atom. The molecule has 2 heterocycles. The van der Waals surface area contributed by atoms with Gasteiger partial charge in [0.1, 0.15) is 0 Å². The van der Waals surface area contributed by atoms with Gasteiger partial charge >= 0.3 is 0 Å². The molecule has 2 saturated heterocycles. The van der Waals surface area contributed by atoms with Gasteiger partial charge < -0.3 is 4.90 Å². The zero-order valence-corrected chi connectivity index (χ0v) is 18.7. The highest BCUT2D eigenvalue weighted by molar-refractivity contribution is 7.89. The number of halogens is 2. The van der Waals surface area contributed by atoms with Crippen LogP contribution in [-0.4, -0.2) is 54.9 Å². The topological polar surface area (TPSA) is 69.7 Å². The summed E-state index contributed by atoms with van der Waals surface area (Å²) in [5, 5.41) is 3.98. The van der Waals surface area contributed by atoms with E-state index in [1.807, 2.05) is 11.8 Å². The molecule has 0 saturated carbocycles. The third kappa shape index (κ3) is 3.92. The Balaban J connectivity index is 1.78. The van der Waals surface area contributed by atoms with Crippen LogP contribution in [0.3, 0.4) is 0 Å². The van der Waals surface area contributed by atoms with Crippen molar-refractivity contribution in [1.82, 2.24) is 14.5 Å². The smallest absolute Gasteiger partial charge is 0.243 e. The Labute approximate surface area is 177 Å². The van der Waals surface area contributed by atoms with Crippen molar-refractivity contribution >= 4 is 39.1 Å². The number of hydrogen-bond acceptors (Lipinski definition) is 4. The summed E-state index contributed by atoms with van der Waals surface area (Å²) in [6, 6.07) is 4.11. The third-order valence-electron chi connectivity index (χ3n) is 5.91. The van der Waals surface area contributed by atoms with E-state index in [9.17, 15) is 13.2 Å². The Kier molecular flexibility index (Phi) is 6.32. The number of carbonyl (C=O) groups excluding carboxylic acids is 1. The second-order valence-electron chi connectivity index (χ2n) is 7.84. The first-order valence-electron chi connectivity index (χ1n) is 9.65.